The summed E-state index contributed by atoms with van der Waals surface area (Å²) in [6.07, 6.45) is 2.00. The summed E-state index contributed by atoms with van der Waals surface area (Å²) >= 11 is 1.61. The minimum absolute atomic E-state index is 0.291. The van der Waals surface area contributed by atoms with Gasteiger partial charge in [-0.05, 0) is 30.5 Å². The Hall–Kier alpha value is -2.27. The minimum Gasteiger partial charge on any atom is -0.435 e. The number of anilines is 1. The lowest BCUT2D eigenvalue weighted by Gasteiger charge is -2.10. The Bertz CT molecular complexity index is 761. The van der Waals surface area contributed by atoms with E-state index in [0.717, 1.165) is 21.7 Å². The molecule has 0 saturated carbocycles. The number of benzene rings is 2. The van der Waals surface area contributed by atoms with Crippen molar-refractivity contribution in [3.8, 4) is 11.6 Å². The molecule has 1 heterocycles. The first-order valence-corrected chi connectivity index (χ1v) is 7.33. The van der Waals surface area contributed by atoms with Crippen LogP contribution in [0.25, 0.3) is 11.0 Å². The molecule has 0 bridgehead atoms. The van der Waals surface area contributed by atoms with Gasteiger partial charge >= 0.3 is 0 Å². The highest BCUT2D eigenvalue weighted by Crippen LogP contribution is 2.32. The molecule has 0 fully saturated rings. The second-order valence-electron chi connectivity index (χ2n) is 4.16. The number of nitrogen functional groups attached to an aromatic ring is 1. The zero-order valence-electron chi connectivity index (χ0n) is 10.9. The number of nitrogens with two attached hydrogens (primary N) is 1. The molecule has 0 saturated heterocycles. The van der Waals surface area contributed by atoms with Crippen LogP contribution < -0.4 is 10.5 Å². The van der Waals surface area contributed by atoms with Gasteiger partial charge in [0.25, 0.3) is 5.88 Å². The first-order chi connectivity index (χ1) is 9.78. The van der Waals surface area contributed by atoms with Gasteiger partial charge < -0.3 is 10.5 Å². The van der Waals surface area contributed by atoms with Gasteiger partial charge in [-0.2, -0.15) is 0 Å². The van der Waals surface area contributed by atoms with Gasteiger partial charge in [0, 0.05) is 4.90 Å². The smallest absolute Gasteiger partial charge is 0.263 e. The maximum absolute atomic E-state index is 5.92. The lowest BCUT2D eigenvalue weighted by molar-refractivity contribution is 0.455. The van der Waals surface area contributed by atoms with Crippen LogP contribution in [0, 0.1) is 0 Å². The van der Waals surface area contributed by atoms with Crippen molar-refractivity contribution in [2.24, 2.45) is 0 Å². The highest BCUT2D eigenvalue weighted by atomic mass is 32.2. The topological polar surface area (TPSA) is 61.0 Å². The molecular weight excluding hydrogens is 270 g/mol. The normalized spacial score (nSPS) is 10.7. The molecule has 3 aromatic rings. The molecule has 5 heteroatoms. The maximum atomic E-state index is 5.92. The second kappa shape index (κ2) is 5.38. The van der Waals surface area contributed by atoms with Crippen LogP contribution in [0.2, 0.25) is 0 Å². The van der Waals surface area contributed by atoms with Crippen molar-refractivity contribution < 1.29 is 4.74 Å². The number of hydrogen-bond acceptors (Lipinski definition) is 5. The van der Waals surface area contributed by atoms with Crippen molar-refractivity contribution in [3.05, 3.63) is 48.5 Å². The van der Waals surface area contributed by atoms with Crippen molar-refractivity contribution in [2.45, 2.75) is 4.90 Å². The summed E-state index contributed by atoms with van der Waals surface area (Å²) in [6.45, 7) is 0. The molecular formula is C15H13N3OS. The molecule has 1 aromatic heterocycles. The predicted molar refractivity (Wildman–Crippen MR) is 82.2 cm³/mol. The fourth-order valence-electron chi connectivity index (χ4n) is 1.88. The van der Waals surface area contributed by atoms with Crippen molar-refractivity contribution >= 4 is 28.6 Å². The molecule has 0 unspecified atom stereocenters. The quantitative estimate of drug-likeness (QED) is 0.742. The third kappa shape index (κ3) is 2.40. The van der Waals surface area contributed by atoms with Crippen LogP contribution >= 0.6 is 11.8 Å². The molecule has 2 aromatic carbocycles. The van der Waals surface area contributed by atoms with Crippen LogP contribution in [-0.2, 0) is 0 Å². The van der Waals surface area contributed by atoms with Crippen LogP contribution in [0.1, 0.15) is 0 Å². The van der Waals surface area contributed by atoms with E-state index in [4.69, 9.17) is 10.5 Å². The average Bonchev–Trinajstić information content (AvgIpc) is 2.48. The van der Waals surface area contributed by atoms with Gasteiger partial charge in [0.2, 0.25) is 0 Å². The number of aromatic nitrogens is 2. The third-order valence-corrected chi connectivity index (χ3v) is 3.62. The zero-order chi connectivity index (χ0) is 13.9. The predicted octanol–water partition coefficient (Wildman–Crippen LogP) is 3.73. The van der Waals surface area contributed by atoms with Crippen LogP contribution in [0.15, 0.2) is 53.4 Å². The first kappa shape index (κ1) is 12.7. The lowest BCUT2D eigenvalue weighted by Crippen LogP contribution is -1.99. The number of ether oxygens (including phenoxy) is 1. The Morgan fingerprint density at radius 1 is 0.950 bits per heavy atom. The molecule has 0 radical (unpaired) electrons. The van der Waals surface area contributed by atoms with Crippen molar-refractivity contribution in [2.75, 3.05) is 12.0 Å². The van der Waals surface area contributed by atoms with Gasteiger partial charge in [-0.15, -0.1) is 11.8 Å². The van der Waals surface area contributed by atoms with Crippen LogP contribution in [0.5, 0.6) is 11.6 Å². The third-order valence-electron chi connectivity index (χ3n) is 2.84. The van der Waals surface area contributed by atoms with Crippen LogP contribution in [-0.4, -0.2) is 16.2 Å². The number of nitrogens with zero attached hydrogens (tertiary/aromatic N) is 2. The average molecular weight is 283 g/mol. The van der Waals surface area contributed by atoms with E-state index in [2.05, 4.69) is 9.97 Å². The van der Waals surface area contributed by atoms with Crippen molar-refractivity contribution in [1.29, 1.82) is 0 Å². The number of rotatable bonds is 3. The number of hydrogen-bond donors (Lipinski definition) is 1. The SMILES string of the molecule is CSc1ccccc1Oc1nc2ccccc2nc1N. The van der Waals surface area contributed by atoms with Crippen molar-refractivity contribution in [1.82, 2.24) is 9.97 Å². The first-order valence-electron chi connectivity index (χ1n) is 6.11. The van der Waals surface area contributed by atoms with Gasteiger partial charge in [0.15, 0.2) is 5.82 Å². The summed E-state index contributed by atoms with van der Waals surface area (Å²) in [5.74, 6) is 1.36. The van der Waals surface area contributed by atoms with Gasteiger partial charge in [-0.1, -0.05) is 24.3 Å². The molecule has 3 rings (SSSR count). The zero-order valence-corrected chi connectivity index (χ0v) is 11.7. The Labute approximate surface area is 121 Å². The Balaban J connectivity index is 2.04. The number of thioether (sulfide) groups is 1. The summed E-state index contributed by atoms with van der Waals surface area (Å²) in [5.41, 5.74) is 7.44. The fourth-order valence-corrected chi connectivity index (χ4v) is 2.41. The molecule has 0 aliphatic rings. The summed E-state index contributed by atoms with van der Waals surface area (Å²) < 4.78 is 5.82. The number of fused-ring (bicyclic) bond motifs is 1. The fraction of sp³-hybridized carbons (Fsp3) is 0.0667. The van der Waals surface area contributed by atoms with Crippen LogP contribution in [0.3, 0.4) is 0 Å². The van der Waals surface area contributed by atoms with E-state index in [1.165, 1.54) is 0 Å². The van der Waals surface area contributed by atoms with E-state index >= 15 is 0 Å². The van der Waals surface area contributed by atoms with Gasteiger partial charge in [-0.25, -0.2) is 9.97 Å². The van der Waals surface area contributed by atoms with E-state index in [1.807, 2.05) is 54.8 Å². The highest BCUT2D eigenvalue weighted by molar-refractivity contribution is 7.98. The van der Waals surface area contributed by atoms with E-state index < -0.39 is 0 Å². The van der Waals surface area contributed by atoms with Crippen molar-refractivity contribution in [3.63, 3.8) is 0 Å². The Morgan fingerprint density at radius 3 is 2.35 bits per heavy atom. The van der Waals surface area contributed by atoms with E-state index in [-0.39, 0.29) is 0 Å². The summed E-state index contributed by atoms with van der Waals surface area (Å²) in [4.78, 5) is 9.77. The second-order valence-corrected chi connectivity index (χ2v) is 5.00. The van der Waals surface area contributed by atoms with Gasteiger partial charge in [0.05, 0.1) is 11.0 Å². The van der Waals surface area contributed by atoms with Gasteiger partial charge in [-0.3, -0.25) is 0 Å². The van der Waals surface area contributed by atoms with E-state index in [0.29, 0.717) is 11.7 Å². The summed E-state index contributed by atoms with van der Waals surface area (Å²) in [5, 5.41) is 0. The summed E-state index contributed by atoms with van der Waals surface area (Å²) in [7, 11) is 0. The van der Waals surface area contributed by atoms with E-state index in [1.54, 1.807) is 11.8 Å². The molecule has 0 aliphatic heterocycles. The molecule has 100 valence electrons. The Kier molecular flexibility index (Phi) is 3.43. The maximum Gasteiger partial charge on any atom is 0.263 e. The molecule has 0 atom stereocenters. The van der Waals surface area contributed by atoms with E-state index in [9.17, 15) is 0 Å². The molecule has 2 N–H and O–H groups in total. The number of para-hydroxylation sites is 3. The molecule has 0 aliphatic carbocycles. The van der Waals surface area contributed by atoms with Crippen LogP contribution in [0.4, 0.5) is 5.82 Å². The monoisotopic (exact) mass is 283 g/mol. The lowest BCUT2D eigenvalue weighted by atomic mass is 10.3. The summed E-state index contributed by atoms with van der Waals surface area (Å²) in [6, 6.07) is 15.3. The largest absolute Gasteiger partial charge is 0.435 e. The standard InChI is InChI=1S/C15H13N3OS/c1-20-13-9-5-4-8-12(13)19-15-14(16)17-10-6-2-3-7-11(10)18-15/h2-9H,1H3,(H2,16,17). The molecule has 20 heavy (non-hydrogen) atoms. The van der Waals surface area contributed by atoms with Gasteiger partial charge in [0.1, 0.15) is 5.75 Å². The Morgan fingerprint density at radius 2 is 1.60 bits per heavy atom. The molecule has 0 spiro atoms. The molecule has 4 nitrogen and oxygen atoms in total. The minimum atomic E-state index is 0.291. The molecule has 0 amide bonds. The highest BCUT2D eigenvalue weighted by Gasteiger charge is 2.10.